The zero-order chi connectivity index (χ0) is 16.3. The van der Waals surface area contributed by atoms with Crippen LogP contribution in [-0.4, -0.2) is 63.8 Å². The Morgan fingerprint density at radius 1 is 1.39 bits per heavy atom. The first-order chi connectivity index (χ1) is 10.4. The Bertz CT molecular complexity index is 649. The van der Waals surface area contributed by atoms with E-state index in [9.17, 15) is 13.2 Å². The number of carbonyl (C=O) groups is 1. The lowest BCUT2D eigenvalue weighted by Gasteiger charge is -2.24. The summed E-state index contributed by atoms with van der Waals surface area (Å²) in [5.41, 5.74) is 0.385. The molecule has 130 valence electrons. The van der Waals surface area contributed by atoms with Crippen LogP contribution in [0.15, 0.2) is 29.2 Å². The molecule has 1 aliphatic rings. The van der Waals surface area contributed by atoms with Gasteiger partial charge in [-0.05, 0) is 38.1 Å². The summed E-state index contributed by atoms with van der Waals surface area (Å²) in [5.74, 6) is -0.203. The van der Waals surface area contributed by atoms with Gasteiger partial charge in [-0.15, -0.1) is 12.4 Å². The van der Waals surface area contributed by atoms with E-state index in [0.717, 1.165) is 12.8 Å². The van der Waals surface area contributed by atoms with Gasteiger partial charge < -0.3 is 10.2 Å². The molecular weight excluding hydrogens is 338 g/mol. The minimum absolute atomic E-state index is 0. The fourth-order valence-electron chi connectivity index (χ4n) is 2.75. The van der Waals surface area contributed by atoms with Gasteiger partial charge in [0, 0.05) is 38.8 Å². The summed E-state index contributed by atoms with van der Waals surface area (Å²) in [7, 11) is 1.54. The van der Waals surface area contributed by atoms with E-state index < -0.39 is 10.0 Å². The molecule has 0 saturated carbocycles. The number of amides is 1. The predicted molar refractivity (Wildman–Crippen MR) is 92.5 cm³/mol. The van der Waals surface area contributed by atoms with E-state index in [0.29, 0.717) is 18.7 Å². The highest BCUT2D eigenvalue weighted by Gasteiger charge is 2.35. The number of benzene rings is 1. The molecule has 0 bridgehead atoms. The maximum absolute atomic E-state index is 12.8. The predicted octanol–water partition coefficient (Wildman–Crippen LogP) is 1.18. The molecule has 1 aliphatic heterocycles. The first kappa shape index (κ1) is 19.9. The van der Waals surface area contributed by atoms with E-state index in [1.807, 2.05) is 7.05 Å². The smallest absolute Gasteiger partial charge is 0.253 e. The summed E-state index contributed by atoms with van der Waals surface area (Å²) < 4.78 is 27.2. The van der Waals surface area contributed by atoms with Crippen LogP contribution in [0.4, 0.5) is 0 Å². The van der Waals surface area contributed by atoms with Gasteiger partial charge in [0.15, 0.2) is 0 Å². The lowest BCUT2D eigenvalue weighted by atomic mass is 10.2. The van der Waals surface area contributed by atoms with Crippen LogP contribution < -0.4 is 5.32 Å². The van der Waals surface area contributed by atoms with Crippen LogP contribution in [0.25, 0.3) is 0 Å². The van der Waals surface area contributed by atoms with Crippen molar-refractivity contribution in [3.05, 3.63) is 29.8 Å². The van der Waals surface area contributed by atoms with Crippen LogP contribution in [-0.2, 0) is 10.0 Å². The standard InChI is InChI=1S/C15H23N3O3S.ClH/c1-16-11-13-7-5-9-18(13)22(20,21)14-8-4-6-12(10-14)15(19)17(2)3;/h4,6,8,10,13,16H,5,7,9,11H2,1-3H3;1H. The van der Waals surface area contributed by atoms with E-state index in [2.05, 4.69) is 5.32 Å². The van der Waals surface area contributed by atoms with E-state index in [4.69, 9.17) is 0 Å². The molecule has 1 amide bonds. The van der Waals surface area contributed by atoms with Crippen molar-refractivity contribution in [2.75, 3.05) is 34.2 Å². The van der Waals surface area contributed by atoms with Crippen LogP contribution >= 0.6 is 12.4 Å². The highest BCUT2D eigenvalue weighted by Crippen LogP contribution is 2.26. The molecule has 1 heterocycles. The summed E-state index contributed by atoms with van der Waals surface area (Å²) in [6.45, 7) is 1.16. The molecule has 1 atom stereocenters. The molecule has 1 N–H and O–H groups in total. The SMILES string of the molecule is CNCC1CCCN1S(=O)(=O)c1cccc(C(=O)N(C)C)c1.Cl. The first-order valence-corrected chi connectivity index (χ1v) is 8.80. The van der Waals surface area contributed by atoms with Crippen LogP contribution in [0.5, 0.6) is 0 Å². The van der Waals surface area contributed by atoms with E-state index in [1.54, 1.807) is 36.6 Å². The van der Waals surface area contributed by atoms with Gasteiger partial charge >= 0.3 is 0 Å². The summed E-state index contributed by atoms with van der Waals surface area (Å²) in [4.78, 5) is 13.6. The summed E-state index contributed by atoms with van der Waals surface area (Å²) in [6, 6.07) is 6.25. The molecular formula is C15H24ClN3O3S. The molecule has 0 aromatic heterocycles. The average molecular weight is 362 g/mol. The third-order valence-electron chi connectivity index (χ3n) is 3.86. The van der Waals surface area contributed by atoms with E-state index in [-0.39, 0.29) is 29.3 Å². The molecule has 1 aromatic carbocycles. The molecule has 0 spiro atoms. The average Bonchev–Trinajstić information content (AvgIpc) is 2.96. The van der Waals surface area contributed by atoms with Crippen molar-refractivity contribution in [2.45, 2.75) is 23.8 Å². The molecule has 8 heteroatoms. The lowest BCUT2D eigenvalue weighted by molar-refractivity contribution is 0.0827. The minimum Gasteiger partial charge on any atom is -0.345 e. The Morgan fingerprint density at radius 2 is 2.09 bits per heavy atom. The van der Waals surface area contributed by atoms with Crippen molar-refractivity contribution >= 4 is 28.3 Å². The van der Waals surface area contributed by atoms with Crippen LogP contribution in [0.3, 0.4) is 0 Å². The Labute approximate surface area is 144 Å². The van der Waals surface area contributed by atoms with Crippen molar-refractivity contribution in [3.63, 3.8) is 0 Å². The van der Waals surface area contributed by atoms with Crippen LogP contribution in [0.1, 0.15) is 23.2 Å². The third-order valence-corrected chi connectivity index (χ3v) is 5.80. The van der Waals surface area contributed by atoms with Gasteiger partial charge in [0.05, 0.1) is 4.90 Å². The molecule has 1 fully saturated rings. The molecule has 1 unspecified atom stereocenters. The second kappa shape index (κ2) is 8.10. The number of rotatable bonds is 5. The lowest BCUT2D eigenvalue weighted by Crippen LogP contribution is -2.40. The number of hydrogen-bond donors (Lipinski definition) is 1. The van der Waals surface area contributed by atoms with Crippen LogP contribution in [0.2, 0.25) is 0 Å². The van der Waals surface area contributed by atoms with E-state index >= 15 is 0 Å². The molecule has 1 aromatic rings. The number of likely N-dealkylation sites (N-methyl/N-ethyl adjacent to an activating group) is 1. The normalized spacial score (nSPS) is 18.5. The molecule has 2 rings (SSSR count). The molecule has 0 aliphatic carbocycles. The largest absolute Gasteiger partial charge is 0.345 e. The topological polar surface area (TPSA) is 69.7 Å². The summed E-state index contributed by atoms with van der Waals surface area (Å²) >= 11 is 0. The highest BCUT2D eigenvalue weighted by molar-refractivity contribution is 7.89. The van der Waals surface area contributed by atoms with Crippen molar-refractivity contribution in [1.82, 2.24) is 14.5 Å². The van der Waals surface area contributed by atoms with Gasteiger partial charge in [0.1, 0.15) is 0 Å². The maximum atomic E-state index is 12.8. The van der Waals surface area contributed by atoms with Gasteiger partial charge in [-0.25, -0.2) is 8.42 Å². The van der Waals surface area contributed by atoms with Gasteiger partial charge in [-0.3, -0.25) is 4.79 Å². The molecule has 6 nitrogen and oxygen atoms in total. The molecule has 1 saturated heterocycles. The van der Waals surface area contributed by atoms with Crippen molar-refractivity contribution in [1.29, 1.82) is 0 Å². The number of hydrogen-bond acceptors (Lipinski definition) is 4. The maximum Gasteiger partial charge on any atom is 0.253 e. The van der Waals surface area contributed by atoms with Gasteiger partial charge in [-0.2, -0.15) is 4.31 Å². The van der Waals surface area contributed by atoms with Crippen molar-refractivity contribution in [2.24, 2.45) is 0 Å². The number of halogens is 1. The fraction of sp³-hybridized carbons (Fsp3) is 0.533. The summed E-state index contributed by atoms with van der Waals surface area (Å²) in [6.07, 6.45) is 1.72. The first-order valence-electron chi connectivity index (χ1n) is 7.36. The van der Waals surface area contributed by atoms with Gasteiger partial charge in [-0.1, -0.05) is 6.07 Å². The zero-order valence-electron chi connectivity index (χ0n) is 13.7. The fourth-order valence-corrected chi connectivity index (χ4v) is 4.49. The Balaban J connectivity index is 0.00000264. The highest BCUT2D eigenvalue weighted by atomic mass is 35.5. The second-order valence-corrected chi connectivity index (χ2v) is 7.59. The minimum atomic E-state index is -3.57. The third kappa shape index (κ3) is 4.23. The quantitative estimate of drug-likeness (QED) is 0.855. The van der Waals surface area contributed by atoms with Gasteiger partial charge in [0.25, 0.3) is 5.91 Å². The van der Waals surface area contributed by atoms with Crippen molar-refractivity contribution < 1.29 is 13.2 Å². The summed E-state index contributed by atoms with van der Waals surface area (Å²) in [5, 5.41) is 3.04. The Hall–Kier alpha value is -1.15. The number of nitrogens with zero attached hydrogens (tertiary/aromatic N) is 2. The Kier molecular flexibility index (Phi) is 7.01. The second-order valence-electron chi connectivity index (χ2n) is 5.70. The number of carbonyl (C=O) groups excluding carboxylic acids is 1. The molecule has 23 heavy (non-hydrogen) atoms. The Morgan fingerprint density at radius 3 is 2.70 bits per heavy atom. The monoisotopic (exact) mass is 361 g/mol. The number of sulfonamides is 1. The van der Waals surface area contributed by atoms with Gasteiger partial charge in [0.2, 0.25) is 10.0 Å². The molecule has 0 radical (unpaired) electrons. The van der Waals surface area contributed by atoms with Crippen LogP contribution in [0, 0.1) is 0 Å². The zero-order valence-corrected chi connectivity index (χ0v) is 15.3. The van der Waals surface area contributed by atoms with Crippen molar-refractivity contribution in [3.8, 4) is 0 Å². The van der Waals surface area contributed by atoms with E-state index in [1.165, 1.54) is 11.0 Å². The number of nitrogens with one attached hydrogen (secondary N) is 1.